The summed E-state index contributed by atoms with van der Waals surface area (Å²) in [6, 6.07) is 5.05. The van der Waals surface area contributed by atoms with Crippen LogP contribution >= 0.6 is 27.5 Å². The van der Waals surface area contributed by atoms with Gasteiger partial charge in [-0.1, -0.05) is 27.5 Å². The molecular formula is C14H18BrClN2O2. The van der Waals surface area contributed by atoms with E-state index in [1.54, 1.807) is 18.2 Å². The van der Waals surface area contributed by atoms with Gasteiger partial charge in [-0.05, 0) is 39.0 Å². The van der Waals surface area contributed by atoms with E-state index in [1.807, 2.05) is 20.8 Å². The number of halogens is 2. The van der Waals surface area contributed by atoms with Gasteiger partial charge in [-0.3, -0.25) is 9.59 Å². The number of carbonyl (C=O) groups excluding carboxylic acids is 2. The monoisotopic (exact) mass is 360 g/mol. The standard InChI is InChI=1S/C14H18BrClN2O2/c1-4-18(8-13(19)17-9(2)3)14(20)10-5-11(15)7-12(16)6-10/h5-7,9H,4,8H2,1-3H3,(H,17,19). The fourth-order valence-corrected chi connectivity index (χ4v) is 2.59. The van der Waals surface area contributed by atoms with Crippen LogP contribution < -0.4 is 5.32 Å². The van der Waals surface area contributed by atoms with Crippen molar-refractivity contribution >= 4 is 39.3 Å². The van der Waals surface area contributed by atoms with E-state index in [0.717, 1.165) is 4.47 Å². The van der Waals surface area contributed by atoms with E-state index in [2.05, 4.69) is 21.2 Å². The number of hydrogen-bond acceptors (Lipinski definition) is 2. The molecule has 0 bridgehead atoms. The van der Waals surface area contributed by atoms with Crippen LogP contribution in [-0.4, -0.2) is 35.8 Å². The molecule has 0 radical (unpaired) electrons. The topological polar surface area (TPSA) is 49.4 Å². The minimum absolute atomic E-state index is 0.0393. The highest BCUT2D eigenvalue weighted by molar-refractivity contribution is 9.10. The van der Waals surface area contributed by atoms with E-state index >= 15 is 0 Å². The molecule has 0 atom stereocenters. The number of nitrogens with one attached hydrogen (secondary N) is 1. The number of benzene rings is 1. The van der Waals surface area contributed by atoms with Crippen LogP contribution in [0.15, 0.2) is 22.7 Å². The van der Waals surface area contributed by atoms with Crippen LogP contribution in [0.5, 0.6) is 0 Å². The van der Waals surface area contributed by atoms with Gasteiger partial charge in [0, 0.05) is 27.6 Å². The van der Waals surface area contributed by atoms with E-state index in [9.17, 15) is 9.59 Å². The van der Waals surface area contributed by atoms with Crippen LogP contribution in [0.3, 0.4) is 0 Å². The summed E-state index contributed by atoms with van der Waals surface area (Å²) in [5, 5.41) is 3.25. The predicted octanol–water partition coefficient (Wildman–Crippen LogP) is 3.09. The Balaban J connectivity index is 2.83. The van der Waals surface area contributed by atoms with Crippen molar-refractivity contribution in [2.75, 3.05) is 13.1 Å². The van der Waals surface area contributed by atoms with Crippen LogP contribution in [0.4, 0.5) is 0 Å². The van der Waals surface area contributed by atoms with Crippen LogP contribution in [0, 0.1) is 0 Å². The minimum atomic E-state index is -0.213. The van der Waals surface area contributed by atoms with Crippen LogP contribution in [-0.2, 0) is 4.79 Å². The highest BCUT2D eigenvalue weighted by atomic mass is 79.9. The summed E-state index contributed by atoms with van der Waals surface area (Å²) in [4.78, 5) is 25.6. The lowest BCUT2D eigenvalue weighted by atomic mass is 10.2. The highest BCUT2D eigenvalue weighted by Gasteiger charge is 2.18. The van der Waals surface area contributed by atoms with Crippen LogP contribution in [0.1, 0.15) is 31.1 Å². The summed E-state index contributed by atoms with van der Waals surface area (Å²) in [5.74, 6) is -0.383. The van der Waals surface area contributed by atoms with Gasteiger partial charge in [-0.2, -0.15) is 0 Å². The molecule has 1 rings (SSSR count). The molecule has 0 aliphatic rings. The third-order valence-electron chi connectivity index (χ3n) is 2.56. The summed E-state index contributed by atoms with van der Waals surface area (Å²) in [7, 11) is 0. The van der Waals surface area contributed by atoms with Crippen molar-refractivity contribution in [2.24, 2.45) is 0 Å². The Kier molecular flexibility index (Phi) is 6.49. The van der Waals surface area contributed by atoms with Gasteiger partial charge in [0.15, 0.2) is 0 Å². The van der Waals surface area contributed by atoms with Crippen molar-refractivity contribution in [1.29, 1.82) is 0 Å². The molecule has 1 N–H and O–H groups in total. The molecule has 110 valence electrons. The van der Waals surface area contributed by atoms with Crippen molar-refractivity contribution < 1.29 is 9.59 Å². The van der Waals surface area contributed by atoms with E-state index < -0.39 is 0 Å². The van der Waals surface area contributed by atoms with Crippen molar-refractivity contribution in [3.63, 3.8) is 0 Å². The molecule has 0 saturated carbocycles. The van der Waals surface area contributed by atoms with Gasteiger partial charge in [-0.15, -0.1) is 0 Å². The molecule has 0 spiro atoms. The van der Waals surface area contributed by atoms with E-state index in [1.165, 1.54) is 4.90 Å². The molecule has 0 saturated heterocycles. The van der Waals surface area contributed by atoms with E-state index in [4.69, 9.17) is 11.6 Å². The molecule has 2 amide bonds. The molecule has 0 aliphatic heterocycles. The van der Waals surface area contributed by atoms with Gasteiger partial charge >= 0.3 is 0 Å². The third-order valence-corrected chi connectivity index (χ3v) is 3.24. The number of nitrogens with zero attached hydrogens (tertiary/aromatic N) is 1. The van der Waals surface area contributed by atoms with Crippen molar-refractivity contribution in [1.82, 2.24) is 10.2 Å². The summed E-state index contributed by atoms with van der Waals surface area (Å²) < 4.78 is 0.732. The average molecular weight is 362 g/mol. The van der Waals surface area contributed by atoms with Crippen molar-refractivity contribution in [2.45, 2.75) is 26.8 Å². The smallest absolute Gasteiger partial charge is 0.254 e. The summed E-state index contributed by atoms with van der Waals surface area (Å²) in [6.07, 6.45) is 0. The lowest BCUT2D eigenvalue weighted by Gasteiger charge is -2.21. The molecule has 0 heterocycles. The Hall–Kier alpha value is -1.07. The quantitative estimate of drug-likeness (QED) is 0.876. The lowest BCUT2D eigenvalue weighted by Crippen LogP contribution is -2.42. The zero-order chi connectivity index (χ0) is 15.3. The molecule has 20 heavy (non-hydrogen) atoms. The number of rotatable bonds is 5. The molecule has 1 aromatic rings. The first-order valence-electron chi connectivity index (χ1n) is 6.38. The maximum atomic E-state index is 12.4. The first-order valence-corrected chi connectivity index (χ1v) is 7.55. The Morgan fingerprint density at radius 1 is 1.35 bits per heavy atom. The second-order valence-electron chi connectivity index (χ2n) is 4.70. The van der Waals surface area contributed by atoms with Gasteiger partial charge in [-0.25, -0.2) is 0 Å². The second-order valence-corrected chi connectivity index (χ2v) is 6.05. The number of amides is 2. The largest absolute Gasteiger partial charge is 0.352 e. The van der Waals surface area contributed by atoms with Crippen molar-refractivity contribution in [3.8, 4) is 0 Å². The Labute approximate surface area is 132 Å². The molecule has 0 fully saturated rings. The normalized spacial score (nSPS) is 10.5. The molecule has 0 unspecified atom stereocenters. The molecule has 6 heteroatoms. The molecule has 1 aromatic carbocycles. The van der Waals surface area contributed by atoms with Gasteiger partial charge in [0.2, 0.25) is 5.91 Å². The number of hydrogen-bond donors (Lipinski definition) is 1. The van der Waals surface area contributed by atoms with E-state index in [0.29, 0.717) is 17.1 Å². The van der Waals surface area contributed by atoms with E-state index in [-0.39, 0.29) is 24.4 Å². The maximum absolute atomic E-state index is 12.4. The molecule has 0 aromatic heterocycles. The van der Waals surface area contributed by atoms with Crippen LogP contribution in [0.2, 0.25) is 5.02 Å². The lowest BCUT2D eigenvalue weighted by molar-refractivity contribution is -0.122. The zero-order valence-corrected chi connectivity index (χ0v) is 14.1. The number of carbonyl (C=O) groups is 2. The fraction of sp³-hybridized carbons (Fsp3) is 0.429. The van der Waals surface area contributed by atoms with Gasteiger partial charge in [0.1, 0.15) is 0 Å². The third kappa shape index (κ3) is 5.13. The Bertz CT molecular complexity index is 486. The maximum Gasteiger partial charge on any atom is 0.254 e. The Morgan fingerprint density at radius 2 is 2.00 bits per heavy atom. The zero-order valence-electron chi connectivity index (χ0n) is 11.7. The first-order chi connectivity index (χ1) is 9.33. The summed E-state index contributed by atoms with van der Waals surface area (Å²) in [5.41, 5.74) is 0.462. The predicted molar refractivity (Wildman–Crippen MR) is 84.0 cm³/mol. The summed E-state index contributed by atoms with van der Waals surface area (Å²) in [6.45, 7) is 6.08. The second kappa shape index (κ2) is 7.64. The van der Waals surface area contributed by atoms with Gasteiger partial charge < -0.3 is 10.2 Å². The average Bonchev–Trinajstić information content (AvgIpc) is 2.33. The SMILES string of the molecule is CCN(CC(=O)NC(C)C)C(=O)c1cc(Cl)cc(Br)c1. The number of likely N-dealkylation sites (N-methyl/N-ethyl adjacent to an activating group) is 1. The van der Waals surface area contributed by atoms with Gasteiger partial charge in [0.05, 0.1) is 6.54 Å². The minimum Gasteiger partial charge on any atom is -0.352 e. The van der Waals surface area contributed by atoms with Gasteiger partial charge in [0.25, 0.3) is 5.91 Å². The summed E-state index contributed by atoms with van der Waals surface area (Å²) >= 11 is 9.24. The first kappa shape index (κ1) is 17.0. The Morgan fingerprint density at radius 3 is 2.50 bits per heavy atom. The molecule has 0 aliphatic carbocycles. The molecule has 4 nitrogen and oxygen atoms in total. The molecular weight excluding hydrogens is 344 g/mol. The van der Waals surface area contributed by atoms with Crippen LogP contribution in [0.25, 0.3) is 0 Å². The van der Waals surface area contributed by atoms with Crippen molar-refractivity contribution in [3.05, 3.63) is 33.3 Å². The highest BCUT2D eigenvalue weighted by Crippen LogP contribution is 2.20. The fourth-order valence-electron chi connectivity index (χ4n) is 1.73.